The maximum atomic E-state index is 4.26. The summed E-state index contributed by atoms with van der Waals surface area (Å²) in [4.78, 5) is 6.71. The Hall–Kier alpha value is -0.870. The number of hydrogen-bond donors (Lipinski definition) is 1. The highest BCUT2D eigenvalue weighted by molar-refractivity contribution is 5.00. The standard InChI is InChI=1S/C13H24N4/c1-11(2)17-10-15-8-13(17)9-16(3)12-5-4-6-14-7-12/h8,10-12,14H,4-7,9H2,1-3H3. The van der Waals surface area contributed by atoms with Crippen molar-refractivity contribution in [2.24, 2.45) is 0 Å². The Morgan fingerprint density at radius 1 is 1.59 bits per heavy atom. The van der Waals surface area contributed by atoms with Gasteiger partial charge in [-0.1, -0.05) is 0 Å². The minimum atomic E-state index is 0.491. The molecule has 1 N–H and O–H groups in total. The van der Waals surface area contributed by atoms with E-state index in [1.165, 1.54) is 25.1 Å². The molecule has 4 heteroatoms. The van der Waals surface area contributed by atoms with Crippen LogP contribution in [0.3, 0.4) is 0 Å². The summed E-state index contributed by atoms with van der Waals surface area (Å²) in [6.45, 7) is 7.69. The van der Waals surface area contributed by atoms with Crippen molar-refractivity contribution >= 4 is 0 Å². The van der Waals surface area contributed by atoms with Crippen LogP contribution in [-0.4, -0.2) is 40.6 Å². The first-order valence-electron chi connectivity index (χ1n) is 6.60. The van der Waals surface area contributed by atoms with Crippen LogP contribution in [-0.2, 0) is 6.54 Å². The zero-order valence-electron chi connectivity index (χ0n) is 11.2. The largest absolute Gasteiger partial charge is 0.331 e. The Morgan fingerprint density at radius 3 is 3.06 bits per heavy atom. The molecule has 1 unspecified atom stereocenters. The summed E-state index contributed by atoms with van der Waals surface area (Å²) in [7, 11) is 2.22. The molecule has 0 bridgehead atoms. The van der Waals surface area contributed by atoms with Gasteiger partial charge in [0.05, 0.1) is 12.0 Å². The second-order valence-electron chi connectivity index (χ2n) is 5.30. The van der Waals surface area contributed by atoms with Crippen molar-refractivity contribution in [3.63, 3.8) is 0 Å². The van der Waals surface area contributed by atoms with Crippen molar-refractivity contribution < 1.29 is 0 Å². The molecule has 1 aliphatic rings. The average Bonchev–Trinajstić information content (AvgIpc) is 2.78. The van der Waals surface area contributed by atoms with E-state index in [-0.39, 0.29) is 0 Å². The third-order valence-electron chi connectivity index (χ3n) is 3.61. The molecule has 0 radical (unpaired) electrons. The van der Waals surface area contributed by atoms with E-state index in [1.54, 1.807) is 0 Å². The maximum Gasteiger partial charge on any atom is 0.0951 e. The maximum absolute atomic E-state index is 4.26. The first kappa shape index (κ1) is 12.6. The van der Waals surface area contributed by atoms with E-state index in [9.17, 15) is 0 Å². The second kappa shape index (κ2) is 5.65. The fraction of sp³-hybridized carbons (Fsp3) is 0.769. The highest BCUT2D eigenvalue weighted by Gasteiger charge is 2.19. The van der Waals surface area contributed by atoms with Crippen LogP contribution in [0.1, 0.15) is 38.4 Å². The number of likely N-dealkylation sites (N-methyl/N-ethyl adjacent to an activating group) is 1. The third-order valence-corrected chi connectivity index (χ3v) is 3.61. The van der Waals surface area contributed by atoms with E-state index >= 15 is 0 Å². The molecule has 0 saturated carbocycles. The van der Waals surface area contributed by atoms with Crippen LogP contribution in [0.15, 0.2) is 12.5 Å². The van der Waals surface area contributed by atoms with Crippen LogP contribution in [0.25, 0.3) is 0 Å². The summed E-state index contributed by atoms with van der Waals surface area (Å²) in [6, 6.07) is 1.16. The van der Waals surface area contributed by atoms with Crippen molar-refractivity contribution in [3.8, 4) is 0 Å². The van der Waals surface area contributed by atoms with Gasteiger partial charge in [0, 0.05) is 31.4 Å². The van der Waals surface area contributed by atoms with Gasteiger partial charge in [0.1, 0.15) is 0 Å². The Morgan fingerprint density at radius 2 is 2.41 bits per heavy atom. The first-order chi connectivity index (χ1) is 8.18. The van der Waals surface area contributed by atoms with E-state index < -0.39 is 0 Å². The number of nitrogens with zero attached hydrogens (tertiary/aromatic N) is 3. The number of imidazole rings is 1. The van der Waals surface area contributed by atoms with Gasteiger partial charge in [-0.25, -0.2) is 4.98 Å². The minimum absolute atomic E-state index is 0.491. The quantitative estimate of drug-likeness (QED) is 0.863. The first-order valence-corrected chi connectivity index (χ1v) is 6.60. The summed E-state index contributed by atoms with van der Waals surface area (Å²) < 4.78 is 2.26. The molecule has 96 valence electrons. The SMILES string of the molecule is CC(C)n1cncc1CN(C)C1CCCNC1. The van der Waals surface area contributed by atoms with Crippen LogP contribution in [0.4, 0.5) is 0 Å². The zero-order chi connectivity index (χ0) is 12.3. The lowest BCUT2D eigenvalue weighted by molar-refractivity contribution is 0.191. The molecule has 17 heavy (non-hydrogen) atoms. The third kappa shape index (κ3) is 3.07. The smallest absolute Gasteiger partial charge is 0.0951 e. The molecule has 2 heterocycles. The van der Waals surface area contributed by atoms with Gasteiger partial charge in [-0.2, -0.15) is 0 Å². The minimum Gasteiger partial charge on any atom is -0.331 e. The Labute approximate surface area is 104 Å². The summed E-state index contributed by atoms with van der Waals surface area (Å²) in [5.41, 5.74) is 1.31. The summed E-state index contributed by atoms with van der Waals surface area (Å²) in [6.07, 6.45) is 6.53. The average molecular weight is 236 g/mol. The lowest BCUT2D eigenvalue weighted by Crippen LogP contribution is -2.43. The van der Waals surface area contributed by atoms with Gasteiger partial charge in [0.15, 0.2) is 0 Å². The van der Waals surface area contributed by atoms with Crippen molar-refractivity contribution in [1.82, 2.24) is 19.8 Å². The number of nitrogens with one attached hydrogen (secondary N) is 1. The van der Waals surface area contributed by atoms with Crippen LogP contribution in [0, 0.1) is 0 Å². The molecule has 0 amide bonds. The Kier molecular flexibility index (Phi) is 4.18. The molecule has 0 aliphatic carbocycles. The van der Waals surface area contributed by atoms with Gasteiger partial charge < -0.3 is 9.88 Å². The molecule has 0 aromatic carbocycles. The van der Waals surface area contributed by atoms with Gasteiger partial charge in [0.25, 0.3) is 0 Å². The molecule has 1 aromatic heterocycles. The molecule has 1 fully saturated rings. The van der Waals surface area contributed by atoms with E-state index in [0.29, 0.717) is 12.1 Å². The monoisotopic (exact) mass is 236 g/mol. The Balaban J connectivity index is 1.97. The highest BCUT2D eigenvalue weighted by Crippen LogP contribution is 2.14. The van der Waals surface area contributed by atoms with E-state index in [1.807, 2.05) is 12.5 Å². The topological polar surface area (TPSA) is 33.1 Å². The summed E-state index contributed by atoms with van der Waals surface area (Å²) >= 11 is 0. The van der Waals surface area contributed by atoms with Crippen molar-refractivity contribution in [2.75, 3.05) is 20.1 Å². The predicted molar refractivity (Wildman–Crippen MR) is 70.0 cm³/mol. The number of piperidine rings is 1. The Bertz CT molecular complexity index is 339. The van der Waals surface area contributed by atoms with Crippen LogP contribution >= 0.6 is 0 Å². The number of aromatic nitrogens is 2. The second-order valence-corrected chi connectivity index (χ2v) is 5.30. The lowest BCUT2D eigenvalue weighted by Gasteiger charge is -2.32. The number of rotatable bonds is 4. The summed E-state index contributed by atoms with van der Waals surface area (Å²) in [5.74, 6) is 0. The van der Waals surface area contributed by atoms with Gasteiger partial charge in [-0.15, -0.1) is 0 Å². The molecule has 2 rings (SSSR count). The van der Waals surface area contributed by atoms with Crippen molar-refractivity contribution in [2.45, 2.75) is 45.3 Å². The van der Waals surface area contributed by atoms with Gasteiger partial charge in [0.2, 0.25) is 0 Å². The highest BCUT2D eigenvalue weighted by atomic mass is 15.2. The predicted octanol–water partition coefficient (Wildman–Crippen LogP) is 1.65. The molecular weight excluding hydrogens is 212 g/mol. The molecule has 1 aliphatic heterocycles. The van der Waals surface area contributed by atoms with Crippen LogP contribution < -0.4 is 5.32 Å². The zero-order valence-corrected chi connectivity index (χ0v) is 11.2. The lowest BCUT2D eigenvalue weighted by atomic mass is 10.1. The van der Waals surface area contributed by atoms with E-state index in [2.05, 4.69) is 40.7 Å². The van der Waals surface area contributed by atoms with Gasteiger partial charge in [-0.3, -0.25) is 4.90 Å². The van der Waals surface area contributed by atoms with Crippen molar-refractivity contribution in [1.29, 1.82) is 0 Å². The molecule has 1 aromatic rings. The molecule has 0 spiro atoms. The molecule has 1 atom stereocenters. The number of hydrogen-bond acceptors (Lipinski definition) is 3. The van der Waals surface area contributed by atoms with Gasteiger partial charge >= 0.3 is 0 Å². The fourth-order valence-electron chi connectivity index (χ4n) is 2.51. The van der Waals surface area contributed by atoms with E-state index in [0.717, 1.165) is 13.1 Å². The van der Waals surface area contributed by atoms with Crippen molar-refractivity contribution in [3.05, 3.63) is 18.2 Å². The van der Waals surface area contributed by atoms with E-state index in [4.69, 9.17) is 0 Å². The summed E-state index contributed by atoms with van der Waals surface area (Å²) in [5, 5.41) is 3.47. The molecular formula is C13H24N4. The van der Waals surface area contributed by atoms with Crippen LogP contribution in [0.5, 0.6) is 0 Å². The molecule has 1 saturated heterocycles. The normalized spacial score (nSPS) is 21.4. The van der Waals surface area contributed by atoms with Crippen LogP contribution in [0.2, 0.25) is 0 Å². The molecule has 4 nitrogen and oxygen atoms in total. The van der Waals surface area contributed by atoms with Gasteiger partial charge in [-0.05, 0) is 40.3 Å². The fourth-order valence-corrected chi connectivity index (χ4v) is 2.51.